The lowest BCUT2D eigenvalue weighted by Crippen LogP contribution is -2.08. The molecule has 0 aliphatic carbocycles. The summed E-state index contributed by atoms with van der Waals surface area (Å²) < 4.78 is 0. The number of hydrogen-bond acceptors (Lipinski definition) is 1. The van der Waals surface area contributed by atoms with Crippen molar-refractivity contribution < 1.29 is 9.90 Å². The van der Waals surface area contributed by atoms with E-state index in [1.165, 1.54) is 0 Å². The summed E-state index contributed by atoms with van der Waals surface area (Å²) in [7, 11) is 0. The first kappa shape index (κ1) is 12.2. The van der Waals surface area contributed by atoms with Gasteiger partial charge in [-0.05, 0) is 12.0 Å². The third-order valence-corrected chi connectivity index (χ3v) is 2.48. The van der Waals surface area contributed by atoms with Gasteiger partial charge in [-0.2, -0.15) is 0 Å². The Hall–Kier alpha value is -1.83. The average Bonchev–Trinajstić information content (AvgIpc) is 2.30. The van der Waals surface area contributed by atoms with E-state index in [0.717, 1.165) is 12.0 Å². The Labute approximate surface area is 95.9 Å². The molecule has 0 spiro atoms. The molecule has 0 bridgehead atoms. The number of allylic oxidation sites excluding steroid dienone is 1. The summed E-state index contributed by atoms with van der Waals surface area (Å²) in [5.74, 6) is -1.03. The van der Waals surface area contributed by atoms with E-state index in [1.807, 2.05) is 49.4 Å². The van der Waals surface area contributed by atoms with E-state index in [4.69, 9.17) is 5.11 Å². The van der Waals surface area contributed by atoms with Crippen molar-refractivity contribution in [1.29, 1.82) is 0 Å². The normalized spacial score (nSPS) is 12.6. The minimum absolute atomic E-state index is 0.0993. The van der Waals surface area contributed by atoms with Crippen molar-refractivity contribution in [1.82, 2.24) is 0 Å². The van der Waals surface area contributed by atoms with Crippen LogP contribution in [0.5, 0.6) is 0 Å². The Morgan fingerprint density at radius 2 is 2.06 bits per heavy atom. The van der Waals surface area contributed by atoms with Gasteiger partial charge in [-0.1, -0.05) is 56.0 Å². The molecule has 0 aromatic heterocycles. The van der Waals surface area contributed by atoms with Crippen molar-refractivity contribution in [3.05, 3.63) is 54.1 Å². The molecule has 0 aliphatic heterocycles. The Balaban J connectivity index is 2.74. The molecule has 0 aliphatic rings. The van der Waals surface area contributed by atoms with Crippen LogP contribution in [0.1, 0.15) is 18.9 Å². The van der Waals surface area contributed by atoms with E-state index >= 15 is 0 Å². The van der Waals surface area contributed by atoms with Crippen LogP contribution in [0.2, 0.25) is 0 Å². The molecule has 2 heteroatoms. The molecule has 0 heterocycles. The van der Waals surface area contributed by atoms with Crippen LogP contribution in [0.4, 0.5) is 0 Å². The molecule has 0 saturated heterocycles. The molecule has 1 N–H and O–H groups in total. The minimum atomic E-state index is -0.926. The van der Waals surface area contributed by atoms with Crippen molar-refractivity contribution in [3.8, 4) is 0 Å². The SMILES string of the molecule is C=C(C(=O)O)C(C=Cc1ccccc1)CC. The lowest BCUT2D eigenvalue weighted by Gasteiger charge is -2.09. The predicted octanol–water partition coefficient (Wildman–Crippen LogP) is 3.37. The highest BCUT2D eigenvalue weighted by Crippen LogP contribution is 2.16. The van der Waals surface area contributed by atoms with Gasteiger partial charge in [0.25, 0.3) is 0 Å². The van der Waals surface area contributed by atoms with Gasteiger partial charge in [-0.3, -0.25) is 0 Å². The fourth-order valence-electron chi connectivity index (χ4n) is 1.45. The first-order chi connectivity index (χ1) is 7.65. The van der Waals surface area contributed by atoms with Crippen molar-refractivity contribution in [3.63, 3.8) is 0 Å². The summed E-state index contributed by atoms with van der Waals surface area (Å²) in [4.78, 5) is 10.8. The zero-order chi connectivity index (χ0) is 12.0. The van der Waals surface area contributed by atoms with E-state index in [0.29, 0.717) is 0 Å². The molecule has 1 unspecified atom stereocenters. The molecule has 0 fully saturated rings. The largest absolute Gasteiger partial charge is 0.478 e. The third-order valence-electron chi connectivity index (χ3n) is 2.48. The van der Waals surface area contributed by atoms with E-state index < -0.39 is 5.97 Å². The highest BCUT2D eigenvalue weighted by atomic mass is 16.4. The Kier molecular flexibility index (Phi) is 4.52. The summed E-state index contributed by atoms with van der Waals surface area (Å²) in [5.41, 5.74) is 1.31. The quantitative estimate of drug-likeness (QED) is 0.766. The van der Waals surface area contributed by atoms with E-state index in [1.54, 1.807) is 0 Å². The second-order valence-corrected chi connectivity index (χ2v) is 3.61. The summed E-state index contributed by atoms with van der Waals surface area (Å²) in [6, 6.07) is 9.81. The van der Waals surface area contributed by atoms with Gasteiger partial charge in [0.15, 0.2) is 0 Å². The van der Waals surface area contributed by atoms with Crippen molar-refractivity contribution >= 4 is 12.0 Å². The van der Waals surface area contributed by atoms with Crippen LogP contribution in [0.3, 0.4) is 0 Å². The highest BCUT2D eigenvalue weighted by Gasteiger charge is 2.12. The number of rotatable bonds is 5. The molecule has 16 heavy (non-hydrogen) atoms. The van der Waals surface area contributed by atoms with Crippen LogP contribution in [0.15, 0.2) is 48.6 Å². The first-order valence-corrected chi connectivity index (χ1v) is 5.30. The number of carboxylic acid groups (broad SMARTS) is 1. The van der Waals surface area contributed by atoms with Crippen LogP contribution in [0.25, 0.3) is 6.08 Å². The third kappa shape index (κ3) is 3.39. The van der Waals surface area contributed by atoms with Crippen LogP contribution in [-0.2, 0) is 4.79 Å². The fraction of sp³-hybridized carbons (Fsp3) is 0.214. The van der Waals surface area contributed by atoms with Gasteiger partial charge in [0.2, 0.25) is 0 Å². The molecule has 1 aromatic carbocycles. The van der Waals surface area contributed by atoms with Gasteiger partial charge in [-0.25, -0.2) is 4.79 Å². The van der Waals surface area contributed by atoms with E-state index in [-0.39, 0.29) is 11.5 Å². The fourth-order valence-corrected chi connectivity index (χ4v) is 1.45. The zero-order valence-electron chi connectivity index (χ0n) is 9.39. The van der Waals surface area contributed by atoms with Gasteiger partial charge in [0, 0.05) is 11.5 Å². The van der Waals surface area contributed by atoms with Gasteiger partial charge in [0.05, 0.1) is 0 Å². The Morgan fingerprint density at radius 1 is 1.44 bits per heavy atom. The second kappa shape index (κ2) is 5.91. The monoisotopic (exact) mass is 216 g/mol. The van der Waals surface area contributed by atoms with Crippen molar-refractivity contribution in [2.45, 2.75) is 13.3 Å². The summed E-state index contributed by atoms with van der Waals surface area (Å²) in [5, 5.41) is 8.85. The molecular weight excluding hydrogens is 200 g/mol. The van der Waals surface area contributed by atoms with Crippen molar-refractivity contribution in [2.24, 2.45) is 5.92 Å². The average molecular weight is 216 g/mol. The lowest BCUT2D eigenvalue weighted by molar-refractivity contribution is -0.133. The highest BCUT2D eigenvalue weighted by molar-refractivity contribution is 5.87. The van der Waals surface area contributed by atoms with E-state index in [9.17, 15) is 4.79 Å². The number of carbonyl (C=O) groups is 1. The van der Waals surface area contributed by atoms with Gasteiger partial charge < -0.3 is 5.11 Å². The predicted molar refractivity (Wildman–Crippen MR) is 66.0 cm³/mol. The molecule has 1 atom stereocenters. The second-order valence-electron chi connectivity index (χ2n) is 3.61. The molecule has 2 nitrogen and oxygen atoms in total. The van der Waals surface area contributed by atoms with Gasteiger partial charge in [0.1, 0.15) is 0 Å². The van der Waals surface area contributed by atoms with E-state index in [2.05, 4.69) is 6.58 Å². The summed E-state index contributed by atoms with van der Waals surface area (Å²) in [6.45, 7) is 5.54. The lowest BCUT2D eigenvalue weighted by atomic mass is 9.96. The van der Waals surface area contributed by atoms with Crippen LogP contribution in [-0.4, -0.2) is 11.1 Å². The smallest absolute Gasteiger partial charge is 0.331 e. The standard InChI is InChI=1S/C14H16O2/c1-3-13(11(2)14(15)16)10-9-12-7-5-4-6-8-12/h4-10,13H,2-3H2,1H3,(H,15,16). The summed E-state index contributed by atoms with van der Waals surface area (Å²) in [6.07, 6.45) is 4.57. The molecule has 0 saturated carbocycles. The molecule has 1 aromatic rings. The maximum atomic E-state index is 10.8. The first-order valence-electron chi connectivity index (χ1n) is 5.30. The molecule has 0 amide bonds. The van der Waals surface area contributed by atoms with Crippen molar-refractivity contribution in [2.75, 3.05) is 0 Å². The van der Waals surface area contributed by atoms with Gasteiger partial charge >= 0.3 is 5.97 Å². The molecular formula is C14H16O2. The number of carboxylic acids is 1. The molecule has 0 radical (unpaired) electrons. The van der Waals surface area contributed by atoms with Crippen LogP contribution in [0, 0.1) is 5.92 Å². The van der Waals surface area contributed by atoms with Crippen LogP contribution >= 0.6 is 0 Å². The number of benzene rings is 1. The van der Waals surface area contributed by atoms with Crippen LogP contribution < -0.4 is 0 Å². The summed E-state index contributed by atoms with van der Waals surface area (Å²) >= 11 is 0. The Morgan fingerprint density at radius 3 is 2.56 bits per heavy atom. The minimum Gasteiger partial charge on any atom is -0.478 e. The number of hydrogen-bond donors (Lipinski definition) is 1. The number of aliphatic carboxylic acids is 1. The van der Waals surface area contributed by atoms with Gasteiger partial charge in [-0.15, -0.1) is 0 Å². The zero-order valence-corrected chi connectivity index (χ0v) is 9.39. The molecule has 84 valence electrons. The Bertz CT molecular complexity index is 390. The topological polar surface area (TPSA) is 37.3 Å². The molecule has 1 rings (SSSR count). The maximum absolute atomic E-state index is 10.8. The maximum Gasteiger partial charge on any atom is 0.331 e.